The molecule has 1 atom stereocenters. The van der Waals surface area contributed by atoms with Crippen molar-refractivity contribution >= 4 is 11.9 Å². The molecule has 1 aromatic rings. The van der Waals surface area contributed by atoms with Crippen molar-refractivity contribution in [3.63, 3.8) is 0 Å². The minimum absolute atomic E-state index is 0.310. The van der Waals surface area contributed by atoms with Gasteiger partial charge in [0.25, 0.3) is 0 Å². The van der Waals surface area contributed by atoms with Crippen molar-refractivity contribution in [2.45, 2.75) is 20.0 Å². The van der Waals surface area contributed by atoms with Crippen LogP contribution in [0.1, 0.15) is 25.5 Å². The van der Waals surface area contributed by atoms with E-state index in [-0.39, 0.29) is 0 Å². The van der Waals surface area contributed by atoms with Gasteiger partial charge in [-0.3, -0.25) is 9.59 Å². The highest BCUT2D eigenvalue weighted by atomic mass is 16.6. The molecule has 0 N–H and O–H groups in total. The van der Waals surface area contributed by atoms with Crippen LogP contribution in [0.25, 0.3) is 0 Å². The maximum atomic E-state index is 11.0. The van der Waals surface area contributed by atoms with Gasteiger partial charge in [0.1, 0.15) is 6.10 Å². The summed E-state index contributed by atoms with van der Waals surface area (Å²) in [4.78, 5) is 21.9. The zero-order valence-electron chi connectivity index (χ0n) is 11.1. The third-order valence-corrected chi connectivity index (χ3v) is 2.28. The molecule has 0 aliphatic carbocycles. The number of benzene rings is 1. The van der Waals surface area contributed by atoms with Gasteiger partial charge in [-0.25, -0.2) is 0 Å². The Balaban J connectivity index is 3.06. The van der Waals surface area contributed by atoms with Crippen molar-refractivity contribution in [2.75, 3.05) is 7.11 Å². The van der Waals surface area contributed by atoms with Crippen LogP contribution in [0.2, 0.25) is 0 Å². The Labute approximate surface area is 111 Å². The molecule has 5 heteroatoms. The number of esters is 2. The molecule has 0 heterocycles. The molecule has 0 saturated carbocycles. The van der Waals surface area contributed by atoms with E-state index in [4.69, 9.17) is 14.2 Å². The van der Waals surface area contributed by atoms with Gasteiger partial charge in [0.2, 0.25) is 0 Å². The molecule has 0 spiro atoms. The van der Waals surface area contributed by atoms with Crippen LogP contribution in [0.4, 0.5) is 0 Å². The summed E-state index contributed by atoms with van der Waals surface area (Å²) in [5.41, 5.74) is 0.679. The lowest BCUT2D eigenvalue weighted by Crippen LogP contribution is -2.07. The number of hydrogen-bond donors (Lipinski definition) is 0. The van der Waals surface area contributed by atoms with Crippen LogP contribution in [-0.4, -0.2) is 19.0 Å². The van der Waals surface area contributed by atoms with E-state index in [1.807, 2.05) is 0 Å². The first-order chi connectivity index (χ1) is 8.97. The van der Waals surface area contributed by atoms with E-state index in [9.17, 15) is 9.59 Å². The van der Waals surface area contributed by atoms with E-state index in [0.29, 0.717) is 17.1 Å². The van der Waals surface area contributed by atoms with Crippen LogP contribution < -0.4 is 9.47 Å². The minimum atomic E-state index is -0.572. The summed E-state index contributed by atoms with van der Waals surface area (Å²) in [5.74, 6) is -0.157. The van der Waals surface area contributed by atoms with Crippen molar-refractivity contribution in [1.82, 2.24) is 0 Å². The first-order valence-electron chi connectivity index (χ1n) is 5.64. The van der Waals surface area contributed by atoms with Gasteiger partial charge in [-0.05, 0) is 18.2 Å². The van der Waals surface area contributed by atoms with Gasteiger partial charge in [-0.1, -0.05) is 12.6 Å². The van der Waals surface area contributed by atoms with Crippen LogP contribution >= 0.6 is 0 Å². The van der Waals surface area contributed by atoms with Crippen molar-refractivity contribution < 1.29 is 23.8 Å². The normalized spacial score (nSPS) is 11.3. The highest BCUT2D eigenvalue weighted by Gasteiger charge is 2.15. The molecule has 0 bridgehead atoms. The van der Waals surface area contributed by atoms with Crippen LogP contribution in [0.3, 0.4) is 0 Å². The smallest absolute Gasteiger partial charge is 0.308 e. The molecule has 5 nitrogen and oxygen atoms in total. The first-order valence-corrected chi connectivity index (χ1v) is 5.64. The first kappa shape index (κ1) is 14.8. The lowest BCUT2D eigenvalue weighted by molar-refractivity contribution is -0.144. The van der Waals surface area contributed by atoms with E-state index < -0.39 is 18.0 Å². The van der Waals surface area contributed by atoms with Crippen LogP contribution in [0.15, 0.2) is 30.9 Å². The zero-order chi connectivity index (χ0) is 14.4. The average Bonchev–Trinajstić information content (AvgIpc) is 2.35. The SMILES string of the molecule is C=CC(OC(C)=O)c1ccc(OC(C)=O)c(OC)c1. The zero-order valence-corrected chi connectivity index (χ0v) is 11.1. The number of methoxy groups -OCH3 is 1. The Morgan fingerprint density at radius 1 is 1.21 bits per heavy atom. The molecule has 0 fully saturated rings. The molecule has 19 heavy (non-hydrogen) atoms. The fraction of sp³-hybridized carbons (Fsp3) is 0.286. The second kappa shape index (κ2) is 6.58. The maximum absolute atomic E-state index is 11.0. The molecule has 1 aromatic carbocycles. The Kier molecular flexibility index (Phi) is 5.11. The summed E-state index contributed by atoms with van der Waals surface area (Å²) < 4.78 is 15.2. The molecule has 0 aliphatic heterocycles. The second-order valence-electron chi connectivity index (χ2n) is 3.77. The molecule has 102 valence electrons. The van der Waals surface area contributed by atoms with E-state index >= 15 is 0 Å². The van der Waals surface area contributed by atoms with E-state index in [0.717, 1.165) is 0 Å². The quantitative estimate of drug-likeness (QED) is 0.464. The van der Waals surface area contributed by atoms with Gasteiger partial charge < -0.3 is 14.2 Å². The van der Waals surface area contributed by atoms with Crippen LogP contribution in [-0.2, 0) is 14.3 Å². The minimum Gasteiger partial charge on any atom is -0.493 e. The predicted molar refractivity (Wildman–Crippen MR) is 69.0 cm³/mol. The van der Waals surface area contributed by atoms with Gasteiger partial charge in [-0.15, -0.1) is 0 Å². The largest absolute Gasteiger partial charge is 0.493 e. The number of carbonyl (C=O) groups is 2. The fourth-order valence-corrected chi connectivity index (χ4v) is 1.53. The monoisotopic (exact) mass is 264 g/mol. The highest BCUT2D eigenvalue weighted by molar-refractivity contribution is 5.70. The summed E-state index contributed by atoms with van der Waals surface area (Å²) in [6, 6.07) is 4.89. The maximum Gasteiger partial charge on any atom is 0.308 e. The summed E-state index contributed by atoms with van der Waals surface area (Å²) in [7, 11) is 1.46. The van der Waals surface area contributed by atoms with Crippen molar-refractivity contribution in [2.24, 2.45) is 0 Å². The van der Waals surface area contributed by atoms with Gasteiger partial charge in [0, 0.05) is 19.4 Å². The number of ether oxygens (including phenoxy) is 3. The van der Waals surface area contributed by atoms with Crippen LogP contribution in [0, 0.1) is 0 Å². The van der Waals surface area contributed by atoms with Crippen LogP contribution in [0.5, 0.6) is 11.5 Å². The van der Waals surface area contributed by atoms with Gasteiger partial charge >= 0.3 is 11.9 Å². The lowest BCUT2D eigenvalue weighted by atomic mass is 10.1. The Hall–Kier alpha value is -2.30. The second-order valence-corrected chi connectivity index (χ2v) is 3.77. The number of hydrogen-bond acceptors (Lipinski definition) is 5. The lowest BCUT2D eigenvalue weighted by Gasteiger charge is -2.15. The standard InChI is InChI=1S/C14H16O5/c1-5-12(18-9(2)15)11-6-7-13(19-10(3)16)14(8-11)17-4/h5-8,12H,1H2,2-4H3. The Morgan fingerprint density at radius 3 is 2.37 bits per heavy atom. The van der Waals surface area contributed by atoms with Gasteiger partial charge in [0.15, 0.2) is 11.5 Å². The molecular weight excluding hydrogens is 248 g/mol. The summed E-state index contributed by atoms with van der Waals surface area (Å²) in [6.45, 7) is 6.24. The van der Waals surface area contributed by atoms with Gasteiger partial charge in [0.05, 0.1) is 7.11 Å². The summed E-state index contributed by atoms with van der Waals surface area (Å²) in [6.07, 6.45) is 0.930. The summed E-state index contributed by atoms with van der Waals surface area (Å²) >= 11 is 0. The molecule has 1 rings (SSSR count). The van der Waals surface area contributed by atoms with E-state index in [1.54, 1.807) is 18.2 Å². The molecule has 0 amide bonds. The average molecular weight is 264 g/mol. The molecule has 0 saturated heterocycles. The summed E-state index contributed by atoms with van der Waals surface area (Å²) in [5, 5.41) is 0. The molecular formula is C14H16O5. The third-order valence-electron chi connectivity index (χ3n) is 2.28. The molecule has 1 unspecified atom stereocenters. The van der Waals surface area contributed by atoms with E-state index in [2.05, 4.69) is 6.58 Å². The Bertz CT molecular complexity index is 493. The third kappa shape index (κ3) is 4.13. The van der Waals surface area contributed by atoms with E-state index in [1.165, 1.54) is 27.0 Å². The molecule has 0 aromatic heterocycles. The van der Waals surface area contributed by atoms with Crippen molar-refractivity contribution in [3.8, 4) is 11.5 Å². The van der Waals surface area contributed by atoms with Gasteiger partial charge in [-0.2, -0.15) is 0 Å². The molecule has 0 radical (unpaired) electrons. The number of rotatable bonds is 5. The predicted octanol–water partition coefficient (Wildman–Crippen LogP) is 2.41. The van der Waals surface area contributed by atoms with Crippen molar-refractivity contribution in [1.29, 1.82) is 0 Å². The number of carbonyl (C=O) groups excluding carboxylic acids is 2. The Morgan fingerprint density at radius 2 is 1.89 bits per heavy atom. The molecule has 0 aliphatic rings. The topological polar surface area (TPSA) is 61.8 Å². The van der Waals surface area contributed by atoms with Crippen molar-refractivity contribution in [3.05, 3.63) is 36.4 Å². The highest BCUT2D eigenvalue weighted by Crippen LogP contribution is 2.31. The fourth-order valence-electron chi connectivity index (χ4n) is 1.53.